The van der Waals surface area contributed by atoms with E-state index in [1.54, 1.807) is 4.52 Å². The fourth-order valence-electron chi connectivity index (χ4n) is 4.72. The third-order valence-corrected chi connectivity index (χ3v) is 7.04. The van der Waals surface area contributed by atoms with Crippen LogP contribution in [0, 0.1) is 5.92 Å². The van der Waals surface area contributed by atoms with Gasteiger partial charge in [0.2, 0.25) is 11.9 Å². The second-order valence-electron chi connectivity index (χ2n) is 10.2. The Hall–Kier alpha value is -4.33. The zero-order valence-electron chi connectivity index (χ0n) is 22.2. The molecule has 4 heterocycles. The number of amides is 1. The van der Waals surface area contributed by atoms with E-state index in [-0.39, 0.29) is 23.6 Å². The van der Waals surface area contributed by atoms with Crippen molar-refractivity contribution in [2.24, 2.45) is 13.0 Å². The molecule has 0 bridgehead atoms. The summed E-state index contributed by atoms with van der Waals surface area (Å²) in [6.45, 7) is 5.84. The van der Waals surface area contributed by atoms with E-state index in [4.69, 9.17) is 0 Å². The van der Waals surface area contributed by atoms with E-state index in [1.807, 2.05) is 74.5 Å². The zero-order valence-corrected chi connectivity index (χ0v) is 22.2. The van der Waals surface area contributed by atoms with Gasteiger partial charge in [-0.1, -0.05) is 26.8 Å². The molecule has 0 saturated carbocycles. The topological polar surface area (TPSA) is 94.2 Å². The van der Waals surface area contributed by atoms with E-state index < -0.39 is 0 Å². The molecule has 0 aliphatic heterocycles. The Labute approximate surface area is 221 Å². The number of nitrogens with one attached hydrogen (secondary N) is 1. The number of fused-ring (bicyclic) bond motifs is 2. The molecule has 0 saturated heterocycles. The van der Waals surface area contributed by atoms with Gasteiger partial charge >= 0.3 is 0 Å². The van der Waals surface area contributed by atoms with E-state index in [9.17, 15) is 9.59 Å². The van der Waals surface area contributed by atoms with Gasteiger partial charge in [0.15, 0.2) is 11.4 Å². The van der Waals surface area contributed by atoms with Crippen LogP contribution in [0.5, 0.6) is 0 Å². The summed E-state index contributed by atoms with van der Waals surface area (Å²) in [5, 5.41) is 8.04. The second-order valence-corrected chi connectivity index (χ2v) is 10.2. The molecule has 0 aliphatic carbocycles. The maximum absolute atomic E-state index is 13.3. The monoisotopic (exact) mass is 508 g/mol. The summed E-state index contributed by atoms with van der Waals surface area (Å²) >= 11 is 0. The molecule has 4 aromatic heterocycles. The highest BCUT2D eigenvalue weighted by Crippen LogP contribution is 2.30. The normalized spacial score (nSPS) is 12.3. The molecule has 8 nitrogen and oxygen atoms in total. The van der Waals surface area contributed by atoms with Crippen molar-refractivity contribution in [3.63, 3.8) is 0 Å². The van der Waals surface area contributed by atoms with Crippen molar-refractivity contribution in [1.82, 2.24) is 24.1 Å². The number of rotatable bonds is 9. The Bertz CT molecular complexity index is 1620. The smallest absolute Gasteiger partial charge is 0.249 e. The molecule has 5 rings (SSSR count). The summed E-state index contributed by atoms with van der Waals surface area (Å²) in [7, 11) is 1.97. The Morgan fingerprint density at radius 2 is 1.76 bits per heavy atom. The lowest BCUT2D eigenvalue weighted by molar-refractivity contribution is -0.118. The van der Waals surface area contributed by atoms with Crippen molar-refractivity contribution < 1.29 is 9.59 Å². The standard InChI is InChI=1S/C30H32N6O2/c1-19(2)29(38)33-30-32-28-17-23(12-15-36(28)34-30)22-8-9-26-24(16-22)25(18-35(26)4)27(37)7-5-6-20(3)21-10-13-31-14-11-21/h8-20H,5-7H2,1-4H3,(H,33,34,38)/t20-/m1/s1. The third kappa shape index (κ3) is 5.20. The Morgan fingerprint density at radius 1 is 1.00 bits per heavy atom. The lowest BCUT2D eigenvalue weighted by Crippen LogP contribution is -2.18. The van der Waals surface area contributed by atoms with Crippen LogP contribution in [0.2, 0.25) is 0 Å². The number of aryl methyl sites for hydroxylation is 1. The molecule has 0 radical (unpaired) electrons. The number of carbonyl (C=O) groups excluding carboxylic acids is 2. The van der Waals surface area contributed by atoms with Gasteiger partial charge in [0, 0.05) is 60.6 Å². The number of anilines is 1. The van der Waals surface area contributed by atoms with Crippen molar-refractivity contribution in [2.45, 2.75) is 46.0 Å². The summed E-state index contributed by atoms with van der Waals surface area (Å²) in [6, 6.07) is 14.2. The predicted octanol–water partition coefficient (Wildman–Crippen LogP) is 6.03. The van der Waals surface area contributed by atoms with E-state index >= 15 is 0 Å². The number of aromatic nitrogens is 5. The Kier molecular flexibility index (Phi) is 7.05. The van der Waals surface area contributed by atoms with E-state index in [1.165, 1.54) is 5.56 Å². The molecule has 0 unspecified atom stereocenters. The molecule has 1 N–H and O–H groups in total. The minimum absolute atomic E-state index is 0.125. The number of hydrogen-bond donors (Lipinski definition) is 1. The van der Waals surface area contributed by atoms with Gasteiger partial charge < -0.3 is 4.57 Å². The van der Waals surface area contributed by atoms with E-state index in [0.717, 1.165) is 40.4 Å². The van der Waals surface area contributed by atoms with Gasteiger partial charge in [0.05, 0.1) is 0 Å². The number of ketones is 1. The maximum atomic E-state index is 13.3. The number of Topliss-reactive ketones (excluding diaryl/α,β-unsaturated/α-hetero) is 1. The number of hydrogen-bond acceptors (Lipinski definition) is 5. The number of benzene rings is 1. The molecule has 0 fully saturated rings. The molecule has 1 amide bonds. The van der Waals surface area contributed by atoms with Crippen LogP contribution in [0.25, 0.3) is 27.7 Å². The molecular formula is C30H32N6O2. The molecule has 8 heteroatoms. The van der Waals surface area contributed by atoms with Gasteiger partial charge in [-0.25, -0.2) is 4.52 Å². The third-order valence-electron chi connectivity index (χ3n) is 7.04. The van der Waals surface area contributed by atoms with Gasteiger partial charge in [0.25, 0.3) is 0 Å². The minimum atomic E-state index is -0.156. The van der Waals surface area contributed by atoms with Crippen LogP contribution in [0.15, 0.2) is 67.3 Å². The predicted molar refractivity (Wildman–Crippen MR) is 149 cm³/mol. The van der Waals surface area contributed by atoms with Crippen LogP contribution in [-0.4, -0.2) is 35.8 Å². The number of nitrogens with zero attached hydrogens (tertiary/aromatic N) is 5. The maximum Gasteiger partial charge on any atom is 0.249 e. The zero-order chi connectivity index (χ0) is 26.8. The van der Waals surface area contributed by atoms with Crippen molar-refractivity contribution >= 4 is 34.2 Å². The number of carbonyl (C=O) groups is 2. The molecule has 38 heavy (non-hydrogen) atoms. The van der Waals surface area contributed by atoms with Crippen LogP contribution < -0.4 is 5.32 Å². The van der Waals surface area contributed by atoms with Crippen LogP contribution >= 0.6 is 0 Å². The van der Waals surface area contributed by atoms with Gasteiger partial charge in [0.1, 0.15) is 0 Å². The molecule has 0 aliphatic rings. The summed E-state index contributed by atoms with van der Waals surface area (Å²) < 4.78 is 3.65. The first-order chi connectivity index (χ1) is 18.3. The second kappa shape index (κ2) is 10.6. The van der Waals surface area contributed by atoms with Gasteiger partial charge in [-0.2, -0.15) is 4.98 Å². The summed E-state index contributed by atoms with van der Waals surface area (Å²) in [5.41, 5.74) is 5.60. The minimum Gasteiger partial charge on any atom is -0.350 e. The van der Waals surface area contributed by atoms with E-state index in [2.05, 4.69) is 45.5 Å². The SMILES string of the molecule is CC(C)C(=O)Nc1nc2cc(-c3ccc4c(c3)c(C(=O)CCC[C@@H](C)c3ccncc3)cn4C)ccn2n1. The lowest BCUT2D eigenvalue weighted by atomic mass is 9.94. The van der Waals surface area contributed by atoms with Gasteiger partial charge in [-0.15, -0.1) is 5.10 Å². The first-order valence-corrected chi connectivity index (χ1v) is 13.0. The molecule has 194 valence electrons. The van der Waals surface area contributed by atoms with Gasteiger partial charge in [-0.3, -0.25) is 19.9 Å². The summed E-state index contributed by atoms with van der Waals surface area (Å²) in [5.74, 6) is 0.547. The molecule has 0 spiro atoms. The Morgan fingerprint density at radius 3 is 2.53 bits per heavy atom. The molecule has 1 aromatic carbocycles. The fraction of sp³-hybridized carbons (Fsp3) is 0.300. The van der Waals surface area contributed by atoms with Crippen molar-refractivity contribution in [1.29, 1.82) is 0 Å². The van der Waals surface area contributed by atoms with Crippen LogP contribution in [0.4, 0.5) is 5.95 Å². The summed E-state index contributed by atoms with van der Waals surface area (Å²) in [6.07, 6.45) is 9.68. The largest absolute Gasteiger partial charge is 0.350 e. The van der Waals surface area contributed by atoms with Crippen LogP contribution in [-0.2, 0) is 11.8 Å². The molecular weight excluding hydrogens is 476 g/mol. The summed E-state index contributed by atoms with van der Waals surface area (Å²) in [4.78, 5) is 33.8. The molecule has 1 atom stereocenters. The van der Waals surface area contributed by atoms with Crippen molar-refractivity contribution in [3.8, 4) is 11.1 Å². The first kappa shape index (κ1) is 25.3. The van der Waals surface area contributed by atoms with Crippen LogP contribution in [0.3, 0.4) is 0 Å². The quantitative estimate of drug-likeness (QED) is 0.245. The average Bonchev–Trinajstić information content (AvgIpc) is 3.48. The highest BCUT2D eigenvalue weighted by atomic mass is 16.2. The Balaban J connectivity index is 1.36. The number of pyridine rings is 2. The highest BCUT2D eigenvalue weighted by molar-refractivity contribution is 6.09. The lowest BCUT2D eigenvalue weighted by Gasteiger charge is -2.10. The fourth-order valence-corrected chi connectivity index (χ4v) is 4.72. The first-order valence-electron chi connectivity index (χ1n) is 13.0. The van der Waals surface area contributed by atoms with Gasteiger partial charge in [-0.05, 0) is 71.8 Å². The highest BCUT2D eigenvalue weighted by Gasteiger charge is 2.17. The van der Waals surface area contributed by atoms with Crippen LogP contribution in [0.1, 0.15) is 61.9 Å². The van der Waals surface area contributed by atoms with E-state index in [0.29, 0.717) is 18.0 Å². The van der Waals surface area contributed by atoms with Crippen molar-refractivity contribution in [3.05, 3.63) is 78.4 Å². The van der Waals surface area contributed by atoms with Crippen molar-refractivity contribution in [2.75, 3.05) is 5.32 Å². The average molecular weight is 509 g/mol. The molecule has 5 aromatic rings.